The number of benzene rings is 2. The SMILES string of the molecule is CCO[C@H]1CN(C(=O)O)[C@@](C(=O)O)(c2ccc(-c3ccccc3S(C)(=O)=O)c(C(N)=O)c2F)C1N1CC(Cl)=CC=C1C(N)=O. The summed E-state index contributed by atoms with van der Waals surface area (Å²) < 4.78 is 47.6. The van der Waals surface area contributed by atoms with Crippen LogP contribution >= 0.6 is 11.6 Å². The number of carbonyl (C=O) groups is 4. The van der Waals surface area contributed by atoms with Gasteiger partial charge in [0.2, 0.25) is 0 Å². The van der Waals surface area contributed by atoms with Crippen molar-refractivity contribution in [2.75, 3.05) is 26.0 Å². The van der Waals surface area contributed by atoms with Gasteiger partial charge in [0, 0.05) is 29.0 Å². The van der Waals surface area contributed by atoms with Crippen LogP contribution < -0.4 is 11.5 Å². The number of hydrogen-bond acceptors (Lipinski definition) is 8. The molecule has 234 valence electrons. The van der Waals surface area contributed by atoms with Crippen molar-refractivity contribution in [2.24, 2.45) is 11.5 Å². The predicted molar refractivity (Wildman–Crippen MR) is 155 cm³/mol. The van der Waals surface area contributed by atoms with Gasteiger partial charge in [-0.15, -0.1) is 0 Å². The van der Waals surface area contributed by atoms with Crippen molar-refractivity contribution >= 4 is 45.3 Å². The monoisotopic (exact) mass is 650 g/mol. The van der Waals surface area contributed by atoms with Crippen LogP contribution in [0.1, 0.15) is 22.8 Å². The topological polar surface area (TPSA) is 211 Å². The third-order valence-electron chi connectivity index (χ3n) is 7.52. The summed E-state index contributed by atoms with van der Waals surface area (Å²) in [6, 6.07) is 5.76. The first-order chi connectivity index (χ1) is 20.6. The summed E-state index contributed by atoms with van der Waals surface area (Å²) in [5, 5.41) is 21.3. The van der Waals surface area contributed by atoms with Crippen LogP contribution in [0.25, 0.3) is 11.1 Å². The number of sulfone groups is 1. The van der Waals surface area contributed by atoms with Crippen LogP contribution in [0.3, 0.4) is 0 Å². The average molecular weight is 651 g/mol. The van der Waals surface area contributed by atoms with E-state index >= 15 is 4.39 Å². The number of likely N-dealkylation sites (tertiary alicyclic amines) is 1. The van der Waals surface area contributed by atoms with E-state index in [1.807, 2.05) is 0 Å². The molecule has 0 aromatic heterocycles. The first kappa shape index (κ1) is 32.4. The molecule has 2 aromatic rings. The number of allylic oxidation sites excluding steroid dienone is 2. The average Bonchev–Trinajstić information content (AvgIpc) is 3.28. The summed E-state index contributed by atoms with van der Waals surface area (Å²) in [4.78, 5) is 52.7. The Kier molecular flexibility index (Phi) is 8.77. The zero-order chi connectivity index (χ0) is 32.7. The molecular formula is C28H28ClFN4O9S. The molecule has 1 unspecified atom stereocenters. The van der Waals surface area contributed by atoms with Gasteiger partial charge in [-0.05, 0) is 30.7 Å². The zero-order valence-electron chi connectivity index (χ0n) is 23.4. The van der Waals surface area contributed by atoms with E-state index in [9.17, 15) is 37.8 Å². The quantitative estimate of drug-likeness (QED) is 0.309. The van der Waals surface area contributed by atoms with Gasteiger partial charge >= 0.3 is 12.1 Å². The molecule has 13 nitrogen and oxygen atoms in total. The van der Waals surface area contributed by atoms with Gasteiger partial charge in [0.15, 0.2) is 15.4 Å². The van der Waals surface area contributed by atoms with E-state index in [1.165, 1.54) is 36.4 Å². The molecule has 0 radical (unpaired) electrons. The number of nitrogens with zero attached hydrogens (tertiary/aromatic N) is 2. The molecule has 0 spiro atoms. The molecule has 1 saturated heterocycles. The van der Waals surface area contributed by atoms with Gasteiger partial charge in [-0.1, -0.05) is 41.9 Å². The van der Waals surface area contributed by atoms with E-state index in [4.69, 9.17) is 27.8 Å². The molecule has 0 saturated carbocycles. The Labute approximate surface area is 256 Å². The standard InChI is InChI=1S/C28H28ClFN4O9S/c1-3-43-19-13-34(27(39)40)28(26(37)38,23(19)33-12-14(29)8-11-18(33)24(31)35)17-10-9-16(21(22(17)30)25(32)36)15-6-4-5-7-20(15)44(2,41)42/h4-11,19,23H,3,12-13H2,1-2H3,(H2,31,35)(H2,32,36)(H,37,38)(H,39,40)/t19-,23?,28-/m0/s1. The maximum atomic E-state index is 16.8. The van der Waals surface area contributed by atoms with E-state index < -0.39 is 74.9 Å². The van der Waals surface area contributed by atoms with Crippen molar-refractivity contribution in [3.8, 4) is 11.1 Å². The summed E-state index contributed by atoms with van der Waals surface area (Å²) in [6.07, 6.45) is 0.404. The lowest BCUT2D eigenvalue weighted by Gasteiger charge is -2.45. The number of amides is 3. The number of carboxylic acids is 1. The number of halogens is 2. The molecule has 16 heteroatoms. The molecule has 6 N–H and O–H groups in total. The molecule has 0 bridgehead atoms. The molecule has 3 amide bonds. The lowest BCUT2D eigenvalue weighted by molar-refractivity contribution is -0.154. The Bertz CT molecular complexity index is 1750. The number of rotatable bonds is 9. The van der Waals surface area contributed by atoms with Gasteiger partial charge in [0.25, 0.3) is 11.8 Å². The Hall–Kier alpha value is -4.47. The minimum absolute atomic E-state index is 0.0341. The van der Waals surface area contributed by atoms with E-state index in [0.717, 1.165) is 23.3 Å². The summed E-state index contributed by atoms with van der Waals surface area (Å²) >= 11 is 6.26. The highest BCUT2D eigenvalue weighted by atomic mass is 35.5. The Morgan fingerprint density at radius 2 is 1.73 bits per heavy atom. The number of aliphatic carboxylic acids is 1. The van der Waals surface area contributed by atoms with Crippen molar-refractivity contribution in [3.05, 3.63) is 76.2 Å². The lowest BCUT2D eigenvalue weighted by Crippen LogP contribution is -2.63. The minimum atomic E-state index is -3.91. The van der Waals surface area contributed by atoms with E-state index in [-0.39, 0.29) is 39.9 Å². The number of ether oxygens (including phenoxy) is 1. The second-order valence-corrected chi connectivity index (χ2v) is 12.5. The van der Waals surface area contributed by atoms with E-state index in [0.29, 0.717) is 4.90 Å². The fourth-order valence-electron chi connectivity index (χ4n) is 5.91. The van der Waals surface area contributed by atoms with Crippen LogP contribution in [0.2, 0.25) is 0 Å². The first-order valence-electron chi connectivity index (χ1n) is 13.0. The maximum absolute atomic E-state index is 16.8. The van der Waals surface area contributed by atoms with Gasteiger partial charge in [-0.3, -0.25) is 14.5 Å². The number of primary amides is 2. The number of carboxylic acid groups (broad SMARTS) is 2. The lowest BCUT2D eigenvalue weighted by atomic mass is 9.78. The van der Waals surface area contributed by atoms with Gasteiger partial charge in [0.05, 0.1) is 35.7 Å². The van der Waals surface area contributed by atoms with Crippen molar-refractivity contribution in [3.63, 3.8) is 0 Å². The smallest absolute Gasteiger partial charge is 0.408 e. The molecule has 2 aliphatic rings. The third kappa shape index (κ3) is 5.27. The fourth-order valence-corrected chi connectivity index (χ4v) is 7.01. The third-order valence-corrected chi connectivity index (χ3v) is 8.92. The van der Waals surface area contributed by atoms with Gasteiger partial charge in [-0.2, -0.15) is 0 Å². The fraction of sp³-hybridized carbons (Fsp3) is 0.286. The second-order valence-electron chi connectivity index (χ2n) is 10.0. The Morgan fingerprint density at radius 3 is 2.27 bits per heavy atom. The van der Waals surface area contributed by atoms with Gasteiger partial charge in [-0.25, -0.2) is 22.4 Å². The first-order valence-corrected chi connectivity index (χ1v) is 15.3. The van der Waals surface area contributed by atoms with Crippen molar-refractivity contribution in [1.29, 1.82) is 0 Å². The van der Waals surface area contributed by atoms with Crippen LogP contribution in [0.5, 0.6) is 0 Å². The van der Waals surface area contributed by atoms with Gasteiger partial charge in [0.1, 0.15) is 11.5 Å². The predicted octanol–water partition coefficient (Wildman–Crippen LogP) is 1.85. The van der Waals surface area contributed by atoms with E-state index in [2.05, 4.69) is 0 Å². The van der Waals surface area contributed by atoms with Crippen LogP contribution in [-0.4, -0.2) is 90.4 Å². The number of nitrogens with two attached hydrogens (primary N) is 2. The minimum Gasteiger partial charge on any atom is -0.479 e. The van der Waals surface area contributed by atoms with Crippen molar-refractivity contribution in [1.82, 2.24) is 9.80 Å². The summed E-state index contributed by atoms with van der Waals surface area (Å²) in [5.41, 5.74) is 5.97. The molecule has 2 aliphatic heterocycles. The molecule has 2 heterocycles. The molecule has 44 heavy (non-hydrogen) atoms. The van der Waals surface area contributed by atoms with Crippen LogP contribution in [0.15, 0.2) is 64.2 Å². The highest BCUT2D eigenvalue weighted by molar-refractivity contribution is 7.90. The normalized spacial score (nSPS) is 21.9. The van der Waals surface area contributed by atoms with Gasteiger partial charge < -0.3 is 31.3 Å². The summed E-state index contributed by atoms with van der Waals surface area (Å²) in [7, 11) is -3.91. The van der Waals surface area contributed by atoms with E-state index in [1.54, 1.807) is 6.92 Å². The summed E-state index contributed by atoms with van der Waals surface area (Å²) in [5.74, 6) is -5.79. The highest BCUT2D eigenvalue weighted by Gasteiger charge is 2.66. The maximum Gasteiger partial charge on any atom is 0.408 e. The van der Waals surface area contributed by atoms with Crippen LogP contribution in [0, 0.1) is 5.82 Å². The summed E-state index contributed by atoms with van der Waals surface area (Å²) in [6.45, 7) is 0.607. The molecule has 2 aromatic carbocycles. The molecule has 0 aliphatic carbocycles. The number of hydrogen-bond donors (Lipinski definition) is 4. The molecular weight excluding hydrogens is 623 g/mol. The Balaban J connectivity index is 2.12. The molecule has 3 atom stereocenters. The zero-order valence-corrected chi connectivity index (χ0v) is 24.9. The number of carbonyl (C=O) groups excluding carboxylic acids is 2. The molecule has 4 rings (SSSR count). The highest BCUT2D eigenvalue weighted by Crippen LogP contribution is 2.48. The van der Waals surface area contributed by atoms with Crippen LogP contribution in [0.4, 0.5) is 9.18 Å². The molecule has 1 fully saturated rings. The van der Waals surface area contributed by atoms with Crippen molar-refractivity contribution in [2.45, 2.75) is 29.5 Å². The van der Waals surface area contributed by atoms with Crippen molar-refractivity contribution < 1.29 is 46.9 Å². The van der Waals surface area contributed by atoms with Crippen LogP contribution in [-0.2, 0) is 29.7 Å². The Morgan fingerprint density at radius 1 is 1.07 bits per heavy atom. The second kappa shape index (κ2) is 11.9. The largest absolute Gasteiger partial charge is 0.479 e.